The number of aromatic nitrogens is 1. The number of nitrogens with zero attached hydrogens (tertiary/aromatic N) is 2. The molecule has 2 saturated heterocycles. The van der Waals surface area contributed by atoms with Crippen LogP contribution in [-0.4, -0.2) is 40.6 Å². The van der Waals surface area contributed by atoms with Crippen molar-refractivity contribution in [1.29, 1.82) is 0 Å². The average Bonchev–Trinajstić information content (AvgIpc) is 2.96. The first kappa shape index (κ1) is 12.7. The molecule has 1 aromatic rings. The molecule has 1 N–H and O–H groups in total. The Labute approximate surface area is 113 Å². The molecule has 3 rings (SSSR count). The molecular weight excluding hydrogens is 242 g/mol. The number of hydrogen-bond donors (Lipinski definition) is 1. The molecule has 19 heavy (non-hydrogen) atoms. The highest BCUT2D eigenvalue weighted by Gasteiger charge is 2.37. The van der Waals surface area contributed by atoms with Crippen LogP contribution in [0, 0.1) is 6.92 Å². The third-order valence-electron chi connectivity index (χ3n) is 4.47. The van der Waals surface area contributed by atoms with Crippen molar-refractivity contribution in [2.24, 2.45) is 0 Å². The summed E-state index contributed by atoms with van der Waals surface area (Å²) in [6.45, 7) is 4.58. The van der Waals surface area contributed by atoms with E-state index in [1.807, 2.05) is 11.8 Å². The van der Waals surface area contributed by atoms with E-state index in [4.69, 9.17) is 4.52 Å². The molecule has 5 nitrogen and oxygen atoms in total. The molecule has 2 aliphatic rings. The lowest BCUT2D eigenvalue weighted by Crippen LogP contribution is -2.50. The number of piperidine rings is 1. The van der Waals surface area contributed by atoms with Crippen molar-refractivity contribution in [3.8, 4) is 0 Å². The molecule has 2 bridgehead atoms. The summed E-state index contributed by atoms with van der Waals surface area (Å²) in [5, 5.41) is 7.33. The van der Waals surface area contributed by atoms with Gasteiger partial charge in [-0.25, -0.2) is 0 Å². The van der Waals surface area contributed by atoms with Crippen LogP contribution in [0.1, 0.15) is 48.7 Å². The second-order valence-corrected chi connectivity index (χ2v) is 5.65. The largest absolute Gasteiger partial charge is 0.361 e. The van der Waals surface area contributed by atoms with Crippen LogP contribution in [0.4, 0.5) is 0 Å². The van der Waals surface area contributed by atoms with Crippen LogP contribution < -0.4 is 5.32 Å². The number of amides is 1. The van der Waals surface area contributed by atoms with E-state index in [0.29, 0.717) is 29.4 Å². The standard InChI is InChI=1S/C14H21N3O2/c1-3-17(14(18)13-8-15-19-9(13)2)12-6-10-4-5-11(7-12)16-10/h8,10-12,16H,3-7H2,1-2H3. The summed E-state index contributed by atoms with van der Waals surface area (Å²) in [4.78, 5) is 14.6. The lowest BCUT2D eigenvalue weighted by molar-refractivity contribution is 0.0629. The zero-order valence-electron chi connectivity index (χ0n) is 11.6. The van der Waals surface area contributed by atoms with E-state index in [-0.39, 0.29) is 5.91 Å². The predicted molar refractivity (Wildman–Crippen MR) is 70.9 cm³/mol. The summed E-state index contributed by atoms with van der Waals surface area (Å²) in [6, 6.07) is 1.54. The Bertz CT molecular complexity index is 459. The Morgan fingerprint density at radius 1 is 1.47 bits per heavy atom. The van der Waals surface area contributed by atoms with Crippen LogP contribution in [0.25, 0.3) is 0 Å². The van der Waals surface area contributed by atoms with E-state index in [1.54, 1.807) is 6.92 Å². The summed E-state index contributed by atoms with van der Waals surface area (Å²) in [6.07, 6.45) is 6.18. The average molecular weight is 263 g/mol. The highest BCUT2D eigenvalue weighted by atomic mass is 16.5. The topological polar surface area (TPSA) is 58.4 Å². The molecule has 2 fully saturated rings. The van der Waals surface area contributed by atoms with Gasteiger partial charge in [0.25, 0.3) is 5.91 Å². The number of fused-ring (bicyclic) bond motifs is 2. The summed E-state index contributed by atoms with van der Waals surface area (Å²) in [5.41, 5.74) is 0.604. The molecule has 0 radical (unpaired) electrons. The second kappa shape index (κ2) is 4.96. The quantitative estimate of drug-likeness (QED) is 0.902. The van der Waals surface area contributed by atoms with E-state index in [1.165, 1.54) is 19.0 Å². The van der Waals surface area contributed by atoms with E-state index < -0.39 is 0 Å². The first-order valence-electron chi connectivity index (χ1n) is 7.17. The van der Waals surface area contributed by atoms with Gasteiger partial charge in [0, 0.05) is 24.7 Å². The minimum absolute atomic E-state index is 0.0625. The van der Waals surface area contributed by atoms with Gasteiger partial charge >= 0.3 is 0 Å². The molecule has 2 unspecified atom stereocenters. The second-order valence-electron chi connectivity index (χ2n) is 5.65. The van der Waals surface area contributed by atoms with Gasteiger partial charge < -0.3 is 14.7 Å². The first-order valence-corrected chi connectivity index (χ1v) is 7.17. The highest BCUT2D eigenvalue weighted by Crippen LogP contribution is 2.30. The molecule has 1 aromatic heterocycles. The monoisotopic (exact) mass is 263 g/mol. The molecule has 0 saturated carbocycles. The van der Waals surface area contributed by atoms with Gasteiger partial charge in [0.15, 0.2) is 0 Å². The Hall–Kier alpha value is -1.36. The molecule has 1 amide bonds. The SMILES string of the molecule is CCN(C(=O)c1cnoc1C)C1CC2CCC(C1)N2. The maximum absolute atomic E-state index is 12.6. The number of carbonyl (C=O) groups excluding carboxylic acids is 1. The first-order chi connectivity index (χ1) is 9.19. The van der Waals surface area contributed by atoms with Crippen LogP contribution in [0.2, 0.25) is 0 Å². The number of aryl methyl sites for hydroxylation is 1. The summed E-state index contributed by atoms with van der Waals surface area (Å²) in [7, 11) is 0. The van der Waals surface area contributed by atoms with Gasteiger partial charge in [-0.05, 0) is 39.5 Å². The maximum atomic E-state index is 12.6. The van der Waals surface area contributed by atoms with Gasteiger partial charge in [-0.15, -0.1) is 0 Å². The van der Waals surface area contributed by atoms with Crippen molar-refractivity contribution in [2.75, 3.05) is 6.54 Å². The predicted octanol–water partition coefficient (Wildman–Crippen LogP) is 1.73. The molecule has 0 aliphatic carbocycles. The van der Waals surface area contributed by atoms with Crippen LogP contribution in [-0.2, 0) is 0 Å². The normalized spacial score (nSPS) is 29.5. The number of nitrogens with one attached hydrogen (secondary N) is 1. The van der Waals surface area contributed by atoms with Crippen LogP contribution in [0.3, 0.4) is 0 Å². The van der Waals surface area contributed by atoms with Crippen LogP contribution >= 0.6 is 0 Å². The summed E-state index contributed by atoms with van der Waals surface area (Å²) in [5.74, 6) is 0.674. The molecule has 2 atom stereocenters. The lowest BCUT2D eigenvalue weighted by Gasteiger charge is -2.37. The van der Waals surface area contributed by atoms with Gasteiger partial charge in [0.05, 0.1) is 6.20 Å². The third-order valence-corrected chi connectivity index (χ3v) is 4.47. The van der Waals surface area contributed by atoms with Gasteiger partial charge in [-0.2, -0.15) is 0 Å². The maximum Gasteiger partial charge on any atom is 0.259 e. The Kier molecular flexibility index (Phi) is 3.31. The fourth-order valence-electron chi connectivity index (χ4n) is 3.51. The van der Waals surface area contributed by atoms with Crippen molar-refractivity contribution in [1.82, 2.24) is 15.4 Å². The molecule has 5 heteroatoms. The van der Waals surface area contributed by atoms with E-state index in [2.05, 4.69) is 10.5 Å². The smallest absolute Gasteiger partial charge is 0.259 e. The van der Waals surface area contributed by atoms with Crippen molar-refractivity contribution in [3.05, 3.63) is 17.5 Å². The van der Waals surface area contributed by atoms with Crippen molar-refractivity contribution in [2.45, 2.75) is 57.7 Å². The number of carbonyl (C=O) groups is 1. The van der Waals surface area contributed by atoms with E-state index >= 15 is 0 Å². The van der Waals surface area contributed by atoms with Gasteiger partial charge in [0.2, 0.25) is 0 Å². The van der Waals surface area contributed by atoms with Crippen LogP contribution in [0.15, 0.2) is 10.7 Å². The molecule has 104 valence electrons. The lowest BCUT2D eigenvalue weighted by atomic mass is 9.97. The fraction of sp³-hybridized carbons (Fsp3) is 0.714. The minimum atomic E-state index is 0.0625. The summed E-state index contributed by atoms with van der Waals surface area (Å²) < 4.78 is 5.01. The van der Waals surface area contributed by atoms with Gasteiger partial charge in [0.1, 0.15) is 11.3 Å². The Balaban J connectivity index is 1.77. The number of hydrogen-bond acceptors (Lipinski definition) is 4. The zero-order chi connectivity index (χ0) is 13.4. The molecule has 2 aliphatic heterocycles. The van der Waals surface area contributed by atoms with Crippen molar-refractivity contribution in [3.63, 3.8) is 0 Å². The highest BCUT2D eigenvalue weighted by molar-refractivity contribution is 5.95. The molecule has 3 heterocycles. The molecule has 0 aromatic carbocycles. The Morgan fingerprint density at radius 2 is 2.16 bits per heavy atom. The third kappa shape index (κ3) is 2.27. The summed E-state index contributed by atoms with van der Waals surface area (Å²) >= 11 is 0. The van der Waals surface area contributed by atoms with E-state index in [0.717, 1.165) is 19.4 Å². The number of rotatable bonds is 3. The molecule has 0 spiro atoms. The zero-order valence-corrected chi connectivity index (χ0v) is 11.6. The fourth-order valence-corrected chi connectivity index (χ4v) is 3.51. The van der Waals surface area contributed by atoms with Gasteiger partial charge in [-0.1, -0.05) is 5.16 Å². The molecular formula is C14H21N3O2. The van der Waals surface area contributed by atoms with Crippen molar-refractivity contribution < 1.29 is 9.32 Å². The van der Waals surface area contributed by atoms with E-state index in [9.17, 15) is 4.79 Å². The van der Waals surface area contributed by atoms with Gasteiger partial charge in [-0.3, -0.25) is 4.79 Å². The van der Waals surface area contributed by atoms with Crippen LogP contribution in [0.5, 0.6) is 0 Å². The minimum Gasteiger partial charge on any atom is -0.361 e. The van der Waals surface area contributed by atoms with Crippen molar-refractivity contribution >= 4 is 5.91 Å². The Morgan fingerprint density at radius 3 is 2.68 bits per heavy atom.